The molecule has 1 saturated heterocycles. The quantitative estimate of drug-likeness (QED) is 0.658. The molecule has 0 aliphatic carbocycles. The first-order valence-electron chi connectivity index (χ1n) is 9.34. The zero-order valence-corrected chi connectivity index (χ0v) is 16.4. The van der Waals surface area contributed by atoms with Gasteiger partial charge in [-0.1, -0.05) is 36.4 Å². The monoisotopic (exact) mass is 376 g/mol. The molecule has 1 N–H and O–H groups in total. The van der Waals surface area contributed by atoms with Gasteiger partial charge in [0.2, 0.25) is 0 Å². The molecule has 138 valence electrons. The van der Waals surface area contributed by atoms with Gasteiger partial charge in [0, 0.05) is 30.7 Å². The zero-order valence-electron chi connectivity index (χ0n) is 15.6. The molecular weight excluding hydrogens is 352 g/mol. The van der Waals surface area contributed by atoms with Crippen LogP contribution in [0.4, 0.5) is 0 Å². The normalized spacial score (nSPS) is 19.5. The summed E-state index contributed by atoms with van der Waals surface area (Å²) >= 11 is 5.75. The van der Waals surface area contributed by atoms with Gasteiger partial charge in [-0.15, -0.1) is 0 Å². The van der Waals surface area contributed by atoms with Crippen molar-refractivity contribution in [2.24, 2.45) is 0 Å². The van der Waals surface area contributed by atoms with Crippen LogP contribution in [0.1, 0.15) is 48.9 Å². The van der Waals surface area contributed by atoms with Gasteiger partial charge in [-0.25, -0.2) is 0 Å². The lowest BCUT2D eigenvalue weighted by atomic mass is 10.0. The number of aromatic nitrogens is 2. The third-order valence-corrected chi connectivity index (χ3v) is 5.42. The third kappa shape index (κ3) is 3.47. The largest absolute Gasteiger partial charge is 0.352 e. The summed E-state index contributed by atoms with van der Waals surface area (Å²) in [6.07, 6.45) is 4.00. The van der Waals surface area contributed by atoms with E-state index in [1.165, 1.54) is 11.3 Å². The smallest absolute Gasteiger partial charge is 0.170 e. The third-order valence-electron chi connectivity index (χ3n) is 5.06. The highest BCUT2D eigenvalue weighted by molar-refractivity contribution is 7.80. The molecule has 1 aliphatic heterocycles. The molecule has 4 rings (SSSR count). The fourth-order valence-electron chi connectivity index (χ4n) is 3.81. The lowest BCUT2D eigenvalue weighted by molar-refractivity contribution is 0.293. The minimum Gasteiger partial charge on any atom is -0.352 e. The first-order chi connectivity index (χ1) is 13.1. The lowest BCUT2D eigenvalue weighted by Crippen LogP contribution is -2.30. The van der Waals surface area contributed by atoms with Crippen molar-refractivity contribution in [3.8, 4) is 0 Å². The van der Waals surface area contributed by atoms with E-state index in [9.17, 15) is 0 Å². The van der Waals surface area contributed by atoms with E-state index < -0.39 is 0 Å². The highest BCUT2D eigenvalue weighted by atomic mass is 32.1. The number of benzene rings is 1. The van der Waals surface area contributed by atoms with E-state index in [-0.39, 0.29) is 12.1 Å². The summed E-state index contributed by atoms with van der Waals surface area (Å²) in [6.45, 7) is 5.19. The Morgan fingerprint density at radius 2 is 1.81 bits per heavy atom. The van der Waals surface area contributed by atoms with Gasteiger partial charge in [-0.2, -0.15) is 0 Å². The van der Waals surface area contributed by atoms with Gasteiger partial charge in [-0.3, -0.25) is 4.98 Å². The molecule has 0 amide bonds. The second-order valence-corrected chi connectivity index (χ2v) is 7.56. The van der Waals surface area contributed by atoms with Gasteiger partial charge in [0.1, 0.15) is 0 Å². The zero-order chi connectivity index (χ0) is 18.8. The Morgan fingerprint density at radius 3 is 2.52 bits per heavy atom. The molecule has 2 aromatic heterocycles. The van der Waals surface area contributed by atoms with E-state index in [1.807, 2.05) is 24.4 Å². The van der Waals surface area contributed by atoms with Crippen molar-refractivity contribution in [1.29, 1.82) is 0 Å². The summed E-state index contributed by atoms with van der Waals surface area (Å²) < 4.78 is 2.33. The summed E-state index contributed by atoms with van der Waals surface area (Å²) in [5.41, 5.74) is 3.51. The van der Waals surface area contributed by atoms with Crippen molar-refractivity contribution >= 4 is 17.3 Å². The Labute approximate surface area is 165 Å². The maximum absolute atomic E-state index is 5.75. The van der Waals surface area contributed by atoms with Crippen LogP contribution in [0.2, 0.25) is 0 Å². The second kappa shape index (κ2) is 7.53. The van der Waals surface area contributed by atoms with E-state index in [0.29, 0.717) is 6.04 Å². The van der Waals surface area contributed by atoms with Crippen molar-refractivity contribution in [3.05, 3.63) is 90.0 Å². The molecule has 27 heavy (non-hydrogen) atoms. The van der Waals surface area contributed by atoms with Crippen LogP contribution in [0, 0.1) is 0 Å². The highest BCUT2D eigenvalue weighted by Crippen LogP contribution is 2.40. The number of hydrogen-bond donors (Lipinski definition) is 1. The predicted molar refractivity (Wildman–Crippen MR) is 112 cm³/mol. The molecule has 5 heteroatoms. The van der Waals surface area contributed by atoms with Gasteiger partial charge in [-0.05, 0) is 55.9 Å². The Morgan fingerprint density at radius 1 is 1.04 bits per heavy atom. The van der Waals surface area contributed by atoms with E-state index in [0.717, 1.165) is 17.4 Å². The number of thiocarbonyl (C=S) groups is 1. The summed E-state index contributed by atoms with van der Waals surface area (Å²) in [4.78, 5) is 6.90. The average molecular weight is 377 g/mol. The Bertz CT molecular complexity index is 904. The Hall–Kier alpha value is -2.66. The van der Waals surface area contributed by atoms with Gasteiger partial charge < -0.3 is 14.8 Å². The van der Waals surface area contributed by atoms with Crippen molar-refractivity contribution in [1.82, 2.24) is 19.8 Å². The highest BCUT2D eigenvalue weighted by Gasteiger charge is 2.41. The van der Waals surface area contributed by atoms with Crippen LogP contribution in [0.3, 0.4) is 0 Å². The number of rotatable bonds is 5. The predicted octanol–water partition coefficient (Wildman–Crippen LogP) is 4.64. The fourth-order valence-corrected chi connectivity index (χ4v) is 4.11. The molecule has 1 aromatic carbocycles. The van der Waals surface area contributed by atoms with E-state index in [4.69, 9.17) is 12.2 Å². The molecule has 3 aromatic rings. The summed E-state index contributed by atoms with van der Waals surface area (Å²) in [5.74, 6) is 0. The van der Waals surface area contributed by atoms with Gasteiger partial charge in [0.25, 0.3) is 0 Å². The topological polar surface area (TPSA) is 33.1 Å². The molecule has 1 fully saturated rings. The number of nitrogens with zero attached hydrogens (tertiary/aromatic N) is 3. The lowest BCUT2D eigenvalue weighted by Gasteiger charge is -2.30. The van der Waals surface area contributed by atoms with Crippen LogP contribution in [-0.2, 0) is 6.54 Å². The molecule has 0 radical (unpaired) electrons. The Kier molecular flexibility index (Phi) is 4.94. The Balaban J connectivity index is 1.77. The molecule has 3 heterocycles. The van der Waals surface area contributed by atoms with E-state index in [1.54, 1.807) is 0 Å². The van der Waals surface area contributed by atoms with Crippen LogP contribution >= 0.6 is 12.2 Å². The summed E-state index contributed by atoms with van der Waals surface area (Å²) in [6, 6.07) is 21.4. The summed E-state index contributed by atoms with van der Waals surface area (Å²) in [7, 11) is 0. The van der Waals surface area contributed by atoms with Gasteiger partial charge in [0.15, 0.2) is 5.11 Å². The standard InChI is InChI=1S/C22H24N4S/c1-16(2)25-14-8-12-19(25)21-20(18-11-6-7-13-23-18)24-22(27)26(21)15-17-9-4-3-5-10-17/h3-14,16,20-21H,15H2,1-2H3,(H,24,27)/t20-,21-/m0/s1. The van der Waals surface area contributed by atoms with Crippen LogP contribution in [0.5, 0.6) is 0 Å². The molecule has 0 bridgehead atoms. The minimum atomic E-state index is 0.0230. The van der Waals surface area contributed by atoms with Crippen molar-refractivity contribution in [2.75, 3.05) is 0 Å². The maximum atomic E-state index is 5.75. The summed E-state index contributed by atoms with van der Waals surface area (Å²) in [5, 5.41) is 4.30. The molecule has 4 nitrogen and oxygen atoms in total. The van der Waals surface area contributed by atoms with Crippen LogP contribution in [0.25, 0.3) is 0 Å². The number of nitrogens with one attached hydrogen (secondary N) is 1. The van der Waals surface area contributed by atoms with E-state index >= 15 is 0 Å². The van der Waals surface area contributed by atoms with Crippen LogP contribution in [-0.4, -0.2) is 19.6 Å². The van der Waals surface area contributed by atoms with Crippen molar-refractivity contribution in [2.45, 2.75) is 38.5 Å². The van der Waals surface area contributed by atoms with Gasteiger partial charge >= 0.3 is 0 Å². The molecule has 1 aliphatic rings. The molecule has 0 unspecified atom stereocenters. The fraction of sp³-hybridized carbons (Fsp3) is 0.273. The van der Waals surface area contributed by atoms with Crippen molar-refractivity contribution in [3.63, 3.8) is 0 Å². The SMILES string of the molecule is CC(C)n1cccc1[C@H]1[C@H](c2ccccn2)NC(=S)N1Cc1ccccc1. The minimum absolute atomic E-state index is 0.0230. The van der Waals surface area contributed by atoms with Gasteiger partial charge in [0.05, 0.1) is 17.8 Å². The van der Waals surface area contributed by atoms with Crippen molar-refractivity contribution < 1.29 is 0 Å². The first kappa shape index (κ1) is 17.7. The number of hydrogen-bond acceptors (Lipinski definition) is 2. The average Bonchev–Trinajstić information content (AvgIpc) is 3.28. The molecule has 2 atom stereocenters. The molecular formula is C22H24N4S. The van der Waals surface area contributed by atoms with Crippen LogP contribution in [0.15, 0.2) is 73.1 Å². The first-order valence-corrected chi connectivity index (χ1v) is 9.74. The van der Waals surface area contributed by atoms with E-state index in [2.05, 4.69) is 82.3 Å². The second-order valence-electron chi connectivity index (χ2n) is 7.17. The molecule has 0 spiro atoms. The van der Waals surface area contributed by atoms with Crippen LogP contribution < -0.4 is 5.32 Å². The maximum Gasteiger partial charge on any atom is 0.170 e. The molecule has 0 saturated carbocycles. The number of pyridine rings is 1.